The van der Waals surface area contributed by atoms with Crippen LogP contribution in [0.2, 0.25) is 0 Å². The molecule has 28 heavy (non-hydrogen) atoms. The van der Waals surface area contributed by atoms with Gasteiger partial charge in [-0.15, -0.1) is 0 Å². The van der Waals surface area contributed by atoms with Gasteiger partial charge in [0.2, 0.25) is 0 Å². The highest BCUT2D eigenvalue weighted by Gasteiger charge is 2.28. The van der Waals surface area contributed by atoms with Gasteiger partial charge in [-0.25, -0.2) is 0 Å². The summed E-state index contributed by atoms with van der Waals surface area (Å²) in [6.07, 6.45) is 5.31. The quantitative estimate of drug-likeness (QED) is 0.663. The molecule has 4 rings (SSSR count). The van der Waals surface area contributed by atoms with Crippen LogP contribution >= 0.6 is 0 Å². The second-order valence-corrected chi connectivity index (χ2v) is 8.08. The van der Waals surface area contributed by atoms with Crippen molar-refractivity contribution in [3.8, 4) is 0 Å². The molecule has 0 saturated heterocycles. The van der Waals surface area contributed by atoms with Crippen LogP contribution in [0.25, 0.3) is 10.9 Å². The smallest absolute Gasteiger partial charge is 0.256 e. The molecule has 4 heteroatoms. The Kier molecular flexibility index (Phi) is 5.23. The third kappa shape index (κ3) is 3.45. The Hall–Kier alpha value is -2.59. The number of rotatable bonds is 5. The SMILES string of the molecule is CN(C)CCn1cc(C(=O)N(C)C2CCCc3ccccc32)c2ccccc21. The second kappa shape index (κ2) is 7.80. The number of hydrogen-bond donors (Lipinski definition) is 0. The maximum absolute atomic E-state index is 13.5. The number of amides is 1. The van der Waals surface area contributed by atoms with Crippen molar-refractivity contribution in [1.29, 1.82) is 0 Å². The summed E-state index contributed by atoms with van der Waals surface area (Å²) in [5, 5.41) is 1.04. The lowest BCUT2D eigenvalue weighted by molar-refractivity contribution is 0.0717. The first kappa shape index (κ1) is 18.8. The van der Waals surface area contributed by atoms with Crippen molar-refractivity contribution in [2.24, 2.45) is 0 Å². The molecule has 1 aliphatic carbocycles. The normalized spacial score (nSPS) is 16.4. The molecule has 0 bridgehead atoms. The van der Waals surface area contributed by atoms with Crippen LogP contribution in [-0.4, -0.2) is 48.0 Å². The number of fused-ring (bicyclic) bond motifs is 2. The van der Waals surface area contributed by atoms with E-state index in [1.54, 1.807) is 0 Å². The summed E-state index contributed by atoms with van der Waals surface area (Å²) in [4.78, 5) is 17.6. The molecule has 0 spiro atoms. The van der Waals surface area contributed by atoms with Crippen LogP contribution in [-0.2, 0) is 13.0 Å². The number of para-hydroxylation sites is 1. The first-order valence-corrected chi connectivity index (χ1v) is 10.1. The Morgan fingerprint density at radius 2 is 1.82 bits per heavy atom. The molecule has 2 aromatic carbocycles. The van der Waals surface area contributed by atoms with E-state index in [2.05, 4.69) is 60.0 Å². The highest BCUT2D eigenvalue weighted by atomic mass is 16.2. The fourth-order valence-electron chi connectivity index (χ4n) is 4.37. The van der Waals surface area contributed by atoms with Crippen LogP contribution in [0.4, 0.5) is 0 Å². The molecule has 1 amide bonds. The van der Waals surface area contributed by atoms with Crippen molar-refractivity contribution < 1.29 is 4.79 Å². The number of aryl methyl sites for hydroxylation is 1. The van der Waals surface area contributed by atoms with E-state index in [1.165, 1.54) is 11.1 Å². The van der Waals surface area contributed by atoms with Crippen molar-refractivity contribution in [3.63, 3.8) is 0 Å². The fourth-order valence-corrected chi connectivity index (χ4v) is 4.37. The van der Waals surface area contributed by atoms with Crippen LogP contribution in [0, 0.1) is 0 Å². The van der Waals surface area contributed by atoms with Crippen LogP contribution in [0.5, 0.6) is 0 Å². The van der Waals surface area contributed by atoms with E-state index >= 15 is 0 Å². The van der Waals surface area contributed by atoms with E-state index in [9.17, 15) is 4.79 Å². The molecule has 0 N–H and O–H groups in total. The monoisotopic (exact) mass is 375 g/mol. The second-order valence-electron chi connectivity index (χ2n) is 8.08. The minimum absolute atomic E-state index is 0.113. The van der Waals surface area contributed by atoms with E-state index in [4.69, 9.17) is 0 Å². The largest absolute Gasteiger partial charge is 0.345 e. The van der Waals surface area contributed by atoms with Gasteiger partial charge in [0.05, 0.1) is 11.6 Å². The Labute approximate surface area is 167 Å². The summed E-state index contributed by atoms with van der Waals surface area (Å²) in [6, 6.07) is 17.0. The Bertz CT molecular complexity index is 988. The molecule has 1 unspecified atom stereocenters. The van der Waals surface area contributed by atoms with E-state index in [1.807, 2.05) is 30.3 Å². The van der Waals surface area contributed by atoms with Gasteiger partial charge < -0.3 is 14.4 Å². The lowest BCUT2D eigenvalue weighted by Gasteiger charge is -2.33. The summed E-state index contributed by atoms with van der Waals surface area (Å²) in [6.45, 7) is 1.81. The zero-order valence-corrected chi connectivity index (χ0v) is 17.1. The fraction of sp³-hybridized carbons (Fsp3) is 0.375. The average molecular weight is 376 g/mol. The number of carbonyl (C=O) groups excluding carboxylic acids is 1. The summed E-state index contributed by atoms with van der Waals surface area (Å²) >= 11 is 0. The van der Waals surface area contributed by atoms with Crippen molar-refractivity contribution in [2.45, 2.75) is 31.8 Å². The Balaban J connectivity index is 1.68. The number of aromatic nitrogens is 1. The Morgan fingerprint density at radius 1 is 1.07 bits per heavy atom. The molecular weight excluding hydrogens is 346 g/mol. The molecule has 1 atom stereocenters. The standard InChI is InChI=1S/C24H29N3O/c1-25(2)15-16-27-17-21(20-12-6-7-13-23(20)27)24(28)26(3)22-14-8-10-18-9-4-5-11-19(18)22/h4-7,9,11-13,17,22H,8,10,14-16H2,1-3H3. The van der Waals surface area contributed by atoms with Gasteiger partial charge in [0.15, 0.2) is 0 Å². The number of likely N-dealkylation sites (N-methyl/N-ethyl adjacent to an activating group) is 1. The topological polar surface area (TPSA) is 28.5 Å². The third-order valence-corrected chi connectivity index (χ3v) is 5.93. The van der Waals surface area contributed by atoms with Gasteiger partial charge >= 0.3 is 0 Å². The lowest BCUT2D eigenvalue weighted by atomic mass is 9.87. The predicted octanol–water partition coefficient (Wildman–Crippen LogP) is 4.35. The molecule has 1 aromatic heterocycles. The minimum Gasteiger partial charge on any atom is -0.345 e. The van der Waals surface area contributed by atoms with Gasteiger partial charge in [0.25, 0.3) is 5.91 Å². The van der Waals surface area contributed by atoms with Crippen molar-refractivity contribution in [3.05, 3.63) is 71.4 Å². The number of benzene rings is 2. The zero-order chi connectivity index (χ0) is 19.7. The summed E-state index contributed by atoms with van der Waals surface area (Å²) < 4.78 is 2.21. The van der Waals surface area contributed by atoms with Crippen LogP contribution in [0.15, 0.2) is 54.7 Å². The Morgan fingerprint density at radius 3 is 2.64 bits per heavy atom. The molecule has 1 heterocycles. The van der Waals surface area contributed by atoms with E-state index in [-0.39, 0.29) is 11.9 Å². The molecule has 3 aromatic rings. The summed E-state index contributed by atoms with van der Waals surface area (Å²) in [5.74, 6) is 0.113. The molecule has 1 aliphatic rings. The molecule has 0 saturated carbocycles. The number of nitrogens with zero attached hydrogens (tertiary/aromatic N) is 3. The maximum atomic E-state index is 13.5. The highest BCUT2D eigenvalue weighted by Crippen LogP contribution is 2.35. The molecule has 0 fully saturated rings. The van der Waals surface area contributed by atoms with Gasteiger partial charge in [-0.2, -0.15) is 0 Å². The van der Waals surface area contributed by atoms with Crippen LogP contribution < -0.4 is 0 Å². The average Bonchev–Trinajstić information content (AvgIpc) is 3.09. The predicted molar refractivity (Wildman–Crippen MR) is 115 cm³/mol. The number of carbonyl (C=O) groups is 1. The molecule has 146 valence electrons. The van der Waals surface area contributed by atoms with Gasteiger partial charge in [-0.05, 0) is 50.6 Å². The summed E-state index contributed by atoms with van der Waals surface area (Å²) in [5.41, 5.74) is 4.62. The molecular formula is C24H29N3O. The zero-order valence-electron chi connectivity index (χ0n) is 17.1. The van der Waals surface area contributed by atoms with Crippen LogP contribution in [0.3, 0.4) is 0 Å². The lowest BCUT2D eigenvalue weighted by Crippen LogP contribution is -2.33. The highest BCUT2D eigenvalue weighted by molar-refractivity contribution is 6.07. The van der Waals surface area contributed by atoms with E-state index in [0.717, 1.165) is 48.8 Å². The van der Waals surface area contributed by atoms with Gasteiger partial charge in [0.1, 0.15) is 0 Å². The first-order valence-electron chi connectivity index (χ1n) is 10.1. The van der Waals surface area contributed by atoms with E-state index in [0.29, 0.717) is 0 Å². The van der Waals surface area contributed by atoms with Crippen molar-refractivity contribution in [2.75, 3.05) is 27.7 Å². The first-order chi connectivity index (χ1) is 13.6. The van der Waals surface area contributed by atoms with Gasteiger partial charge in [-0.1, -0.05) is 42.5 Å². The third-order valence-electron chi connectivity index (χ3n) is 5.93. The van der Waals surface area contributed by atoms with Gasteiger partial charge in [-0.3, -0.25) is 4.79 Å². The van der Waals surface area contributed by atoms with Crippen molar-refractivity contribution in [1.82, 2.24) is 14.4 Å². The van der Waals surface area contributed by atoms with Crippen molar-refractivity contribution >= 4 is 16.8 Å². The molecule has 0 radical (unpaired) electrons. The number of hydrogen-bond acceptors (Lipinski definition) is 2. The molecule has 4 nitrogen and oxygen atoms in total. The minimum atomic E-state index is 0.113. The maximum Gasteiger partial charge on any atom is 0.256 e. The van der Waals surface area contributed by atoms with E-state index < -0.39 is 0 Å². The summed E-state index contributed by atoms with van der Waals surface area (Å²) in [7, 11) is 6.11. The van der Waals surface area contributed by atoms with Gasteiger partial charge in [0, 0.05) is 37.2 Å². The molecule has 0 aliphatic heterocycles. The van der Waals surface area contributed by atoms with Crippen LogP contribution in [0.1, 0.15) is 40.4 Å².